The summed E-state index contributed by atoms with van der Waals surface area (Å²) in [5.74, 6) is 0. The molecule has 10 aromatic carbocycles. The number of para-hydroxylation sites is 4. The fraction of sp³-hybridized carbons (Fsp3) is 0. The number of benzene rings is 10. The molecule has 0 bridgehead atoms. The largest absolute Gasteiger partial charge is 0.456 e. The average Bonchev–Trinajstić information content (AvgIpc) is 4.02. The summed E-state index contributed by atoms with van der Waals surface area (Å²) in [6.45, 7) is 0. The van der Waals surface area contributed by atoms with E-state index in [0.717, 1.165) is 94.3 Å². The van der Waals surface area contributed by atoms with E-state index in [0.29, 0.717) is 0 Å². The van der Waals surface area contributed by atoms with Gasteiger partial charge < -0.3 is 18.3 Å². The van der Waals surface area contributed by atoms with E-state index >= 15 is 0 Å². The molecular formula is C58H36N2O2. The number of rotatable bonds is 6. The molecule has 4 nitrogen and oxygen atoms in total. The molecule has 0 amide bonds. The summed E-state index contributed by atoms with van der Waals surface area (Å²) < 4.78 is 15.1. The molecule has 4 heteroatoms. The molecule has 0 radical (unpaired) electrons. The minimum absolute atomic E-state index is 0.882. The lowest BCUT2D eigenvalue weighted by Crippen LogP contribution is -2.11. The maximum Gasteiger partial charge on any atom is 0.143 e. The van der Waals surface area contributed by atoms with Crippen LogP contribution in [0.15, 0.2) is 227 Å². The minimum atomic E-state index is 0.882. The Labute approximate surface area is 356 Å². The minimum Gasteiger partial charge on any atom is -0.456 e. The van der Waals surface area contributed by atoms with Crippen LogP contribution in [0.1, 0.15) is 0 Å². The van der Waals surface area contributed by atoms with Crippen molar-refractivity contribution in [2.45, 2.75) is 0 Å². The third kappa shape index (κ3) is 5.33. The van der Waals surface area contributed by atoms with Gasteiger partial charge in [0.25, 0.3) is 0 Å². The lowest BCUT2D eigenvalue weighted by molar-refractivity contribution is 0.669. The Kier molecular flexibility index (Phi) is 7.57. The quantitative estimate of drug-likeness (QED) is 0.168. The van der Waals surface area contributed by atoms with Crippen LogP contribution < -0.4 is 4.90 Å². The van der Waals surface area contributed by atoms with Crippen molar-refractivity contribution in [3.63, 3.8) is 0 Å². The van der Waals surface area contributed by atoms with Crippen LogP contribution in [0.3, 0.4) is 0 Å². The van der Waals surface area contributed by atoms with E-state index < -0.39 is 0 Å². The van der Waals surface area contributed by atoms with Crippen molar-refractivity contribution in [2.75, 3.05) is 4.90 Å². The summed E-state index contributed by atoms with van der Waals surface area (Å²) in [6, 6.07) is 78.1. The fourth-order valence-corrected chi connectivity index (χ4v) is 9.67. The predicted molar refractivity (Wildman–Crippen MR) is 258 cm³/mol. The zero-order valence-corrected chi connectivity index (χ0v) is 33.5. The number of hydrogen-bond donors (Lipinski definition) is 0. The lowest BCUT2D eigenvalue weighted by Gasteiger charge is -2.28. The second kappa shape index (κ2) is 13.6. The van der Waals surface area contributed by atoms with Crippen molar-refractivity contribution in [2.24, 2.45) is 0 Å². The van der Waals surface area contributed by atoms with Crippen LogP contribution in [0.4, 0.5) is 17.1 Å². The van der Waals surface area contributed by atoms with E-state index in [2.05, 4.69) is 216 Å². The molecule has 290 valence electrons. The molecule has 0 saturated heterocycles. The monoisotopic (exact) mass is 792 g/mol. The molecule has 0 spiro atoms. The van der Waals surface area contributed by atoms with Crippen molar-refractivity contribution in [3.05, 3.63) is 218 Å². The van der Waals surface area contributed by atoms with Crippen LogP contribution in [0.25, 0.3) is 104 Å². The van der Waals surface area contributed by atoms with E-state index in [-0.39, 0.29) is 0 Å². The van der Waals surface area contributed by atoms with Crippen LogP contribution in [-0.2, 0) is 0 Å². The van der Waals surface area contributed by atoms with Crippen LogP contribution in [0.2, 0.25) is 0 Å². The van der Waals surface area contributed by atoms with Gasteiger partial charge in [-0.25, -0.2) is 0 Å². The Hall–Kier alpha value is -8.34. The number of furan rings is 2. The molecule has 0 atom stereocenters. The van der Waals surface area contributed by atoms with Crippen molar-refractivity contribution < 1.29 is 8.83 Å². The smallest absolute Gasteiger partial charge is 0.143 e. The standard InChI is InChI=1S/C58H36N2O2/c1-2-13-45-38(11-1)23-32-49-51-36-40(25-34-57(51)62-58(45)49)44-12-3-7-17-52(44)59(41-26-21-37(22-27-41)39-24-33-56-50(35-39)48-16-6-10-20-55(48)61-56)42-28-30-43(31-29-42)60-53-18-8-4-14-46(53)47-15-5-9-19-54(47)60/h1-36H. The van der Waals surface area contributed by atoms with E-state index in [1.807, 2.05) is 12.1 Å². The molecular weight excluding hydrogens is 757 g/mol. The topological polar surface area (TPSA) is 34.5 Å². The van der Waals surface area contributed by atoms with E-state index in [9.17, 15) is 0 Å². The number of fused-ring (bicyclic) bond motifs is 11. The SMILES string of the molecule is c1ccc(N(c2ccc(-c3ccc4oc5ccccc5c4c3)cc2)c2ccc(-n3c4ccccc4c4ccccc43)cc2)c(-c2ccc3oc4c5ccccc5ccc4c3c2)c1. The first-order chi connectivity index (χ1) is 30.7. The fourth-order valence-electron chi connectivity index (χ4n) is 9.67. The van der Waals surface area contributed by atoms with Crippen molar-refractivity contribution in [1.82, 2.24) is 4.57 Å². The van der Waals surface area contributed by atoms with Gasteiger partial charge in [-0.05, 0) is 113 Å². The molecule has 0 aliphatic carbocycles. The number of hydrogen-bond acceptors (Lipinski definition) is 3. The Balaban J connectivity index is 0.961. The molecule has 13 rings (SSSR count). The molecule has 0 aliphatic rings. The summed E-state index contributed by atoms with van der Waals surface area (Å²) in [6.07, 6.45) is 0. The molecule has 0 fully saturated rings. The maximum absolute atomic E-state index is 6.54. The summed E-state index contributed by atoms with van der Waals surface area (Å²) >= 11 is 0. The third-order valence-corrected chi connectivity index (χ3v) is 12.6. The zero-order chi connectivity index (χ0) is 40.7. The highest BCUT2D eigenvalue weighted by Crippen LogP contribution is 2.44. The Morgan fingerprint density at radius 2 is 0.887 bits per heavy atom. The van der Waals surface area contributed by atoms with Crippen LogP contribution in [-0.4, -0.2) is 4.57 Å². The summed E-state index contributed by atoms with van der Waals surface area (Å²) in [4.78, 5) is 2.38. The first-order valence-electron chi connectivity index (χ1n) is 21.1. The van der Waals surface area contributed by atoms with Gasteiger partial charge in [-0.1, -0.05) is 127 Å². The highest BCUT2D eigenvalue weighted by Gasteiger charge is 2.20. The number of anilines is 3. The predicted octanol–water partition coefficient (Wildman–Crippen LogP) is 16.5. The first kappa shape index (κ1) is 34.5. The molecule has 13 aromatic rings. The van der Waals surface area contributed by atoms with Gasteiger partial charge in [0, 0.05) is 60.3 Å². The molecule has 0 saturated carbocycles. The molecule has 3 aromatic heterocycles. The second-order valence-electron chi connectivity index (χ2n) is 16.1. The van der Waals surface area contributed by atoms with Crippen molar-refractivity contribution in [3.8, 4) is 27.9 Å². The average molecular weight is 793 g/mol. The summed E-state index contributed by atoms with van der Waals surface area (Å²) in [5.41, 5.74) is 14.8. The van der Waals surface area contributed by atoms with Gasteiger partial charge >= 0.3 is 0 Å². The van der Waals surface area contributed by atoms with Gasteiger partial charge in [0.05, 0.1) is 16.7 Å². The molecule has 3 heterocycles. The van der Waals surface area contributed by atoms with Crippen molar-refractivity contribution in [1.29, 1.82) is 0 Å². The highest BCUT2D eigenvalue weighted by atomic mass is 16.3. The van der Waals surface area contributed by atoms with Gasteiger partial charge in [-0.3, -0.25) is 0 Å². The summed E-state index contributed by atoms with van der Waals surface area (Å²) in [7, 11) is 0. The van der Waals surface area contributed by atoms with Gasteiger partial charge in [-0.15, -0.1) is 0 Å². The lowest BCUT2D eigenvalue weighted by atomic mass is 9.98. The van der Waals surface area contributed by atoms with Crippen LogP contribution >= 0.6 is 0 Å². The Bertz CT molecular complexity index is 3810. The van der Waals surface area contributed by atoms with Gasteiger partial charge in [0.15, 0.2) is 0 Å². The molecule has 0 unspecified atom stereocenters. The number of nitrogens with zero attached hydrogens (tertiary/aromatic N) is 2. The zero-order valence-electron chi connectivity index (χ0n) is 33.5. The normalized spacial score (nSPS) is 11.9. The van der Waals surface area contributed by atoms with E-state index in [1.54, 1.807) is 0 Å². The Morgan fingerprint density at radius 1 is 0.339 bits per heavy atom. The van der Waals surface area contributed by atoms with Gasteiger partial charge in [-0.2, -0.15) is 0 Å². The van der Waals surface area contributed by atoms with E-state index in [1.165, 1.54) is 27.2 Å². The second-order valence-corrected chi connectivity index (χ2v) is 16.1. The van der Waals surface area contributed by atoms with Gasteiger partial charge in [0.2, 0.25) is 0 Å². The van der Waals surface area contributed by atoms with Crippen molar-refractivity contribution >= 4 is 93.5 Å². The van der Waals surface area contributed by atoms with E-state index in [4.69, 9.17) is 8.83 Å². The maximum atomic E-state index is 6.54. The first-order valence-corrected chi connectivity index (χ1v) is 21.1. The molecule has 0 N–H and O–H groups in total. The third-order valence-electron chi connectivity index (χ3n) is 12.6. The highest BCUT2D eigenvalue weighted by molar-refractivity contribution is 6.16. The molecule has 0 aliphatic heterocycles. The Morgan fingerprint density at radius 3 is 1.66 bits per heavy atom. The van der Waals surface area contributed by atoms with Gasteiger partial charge in [0.1, 0.15) is 22.3 Å². The molecule has 62 heavy (non-hydrogen) atoms. The van der Waals surface area contributed by atoms with Crippen LogP contribution in [0.5, 0.6) is 0 Å². The van der Waals surface area contributed by atoms with Crippen LogP contribution in [0, 0.1) is 0 Å². The number of aromatic nitrogens is 1. The summed E-state index contributed by atoms with van der Waals surface area (Å²) in [5, 5.41) is 9.27.